The Hall–Kier alpha value is -1.53. The number of amides is 1. The van der Waals surface area contributed by atoms with Crippen LogP contribution in [0, 0.1) is 11.8 Å². The molecule has 3 unspecified atom stereocenters. The first-order valence-electron chi connectivity index (χ1n) is 8.65. The molecular formula is C19H20Cl3N3O2. The molecule has 1 saturated heterocycles. The molecule has 4 rings (SSSR count). The number of pyridine rings is 1. The second-order valence-electron chi connectivity index (χ2n) is 6.91. The van der Waals surface area contributed by atoms with Gasteiger partial charge in [0.05, 0.1) is 10.6 Å². The van der Waals surface area contributed by atoms with Crippen LogP contribution in [0.15, 0.2) is 36.5 Å². The lowest BCUT2D eigenvalue weighted by atomic mass is 9.98. The SMILES string of the molecule is Cl.NC1CCC2CN(C(=O)c3ccc(Oc4cccc(Cl)c4Cl)nc3)CC12. The maximum atomic E-state index is 12.7. The number of ether oxygens (including phenoxy) is 1. The molecule has 1 aliphatic carbocycles. The molecule has 0 radical (unpaired) electrons. The van der Waals surface area contributed by atoms with Crippen molar-refractivity contribution in [3.05, 3.63) is 52.1 Å². The van der Waals surface area contributed by atoms with E-state index in [1.807, 2.05) is 4.90 Å². The van der Waals surface area contributed by atoms with E-state index in [1.54, 1.807) is 30.3 Å². The van der Waals surface area contributed by atoms with Crippen LogP contribution in [0.3, 0.4) is 0 Å². The highest BCUT2D eigenvalue weighted by molar-refractivity contribution is 6.42. The maximum Gasteiger partial charge on any atom is 0.255 e. The van der Waals surface area contributed by atoms with E-state index < -0.39 is 0 Å². The Morgan fingerprint density at radius 2 is 2.00 bits per heavy atom. The van der Waals surface area contributed by atoms with E-state index in [0.29, 0.717) is 39.1 Å². The van der Waals surface area contributed by atoms with Crippen molar-refractivity contribution in [1.82, 2.24) is 9.88 Å². The summed E-state index contributed by atoms with van der Waals surface area (Å²) in [5.74, 6) is 1.73. The van der Waals surface area contributed by atoms with Crippen LogP contribution >= 0.6 is 35.6 Å². The minimum atomic E-state index is -0.00793. The van der Waals surface area contributed by atoms with E-state index in [-0.39, 0.29) is 24.4 Å². The van der Waals surface area contributed by atoms with Gasteiger partial charge < -0.3 is 15.4 Å². The van der Waals surface area contributed by atoms with Crippen molar-refractivity contribution in [2.75, 3.05) is 13.1 Å². The first-order chi connectivity index (χ1) is 12.5. The smallest absolute Gasteiger partial charge is 0.255 e. The summed E-state index contributed by atoms with van der Waals surface area (Å²) in [4.78, 5) is 18.8. The van der Waals surface area contributed by atoms with Crippen molar-refractivity contribution in [1.29, 1.82) is 0 Å². The van der Waals surface area contributed by atoms with E-state index in [2.05, 4.69) is 4.98 Å². The Balaban J connectivity index is 0.00000210. The molecule has 1 aromatic heterocycles. The van der Waals surface area contributed by atoms with Crippen molar-refractivity contribution in [3.8, 4) is 11.6 Å². The van der Waals surface area contributed by atoms with Gasteiger partial charge in [-0.3, -0.25) is 4.79 Å². The summed E-state index contributed by atoms with van der Waals surface area (Å²) in [6.07, 6.45) is 3.71. The van der Waals surface area contributed by atoms with Crippen LogP contribution < -0.4 is 10.5 Å². The predicted octanol–water partition coefficient (Wildman–Crippen LogP) is 4.41. The lowest BCUT2D eigenvalue weighted by molar-refractivity contribution is 0.0779. The van der Waals surface area contributed by atoms with Gasteiger partial charge in [-0.1, -0.05) is 29.3 Å². The molecule has 5 nitrogen and oxygen atoms in total. The Morgan fingerprint density at radius 3 is 2.70 bits per heavy atom. The summed E-state index contributed by atoms with van der Waals surface area (Å²) in [7, 11) is 0. The van der Waals surface area contributed by atoms with E-state index in [1.165, 1.54) is 6.20 Å². The molecule has 8 heteroatoms. The second kappa shape index (κ2) is 8.23. The van der Waals surface area contributed by atoms with E-state index in [0.717, 1.165) is 25.9 Å². The summed E-state index contributed by atoms with van der Waals surface area (Å²) in [6, 6.07) is 8.74. The number of hydrogen-bond acceptors (Lipinski definition) is 4. The fourth-order valence-electron chi connectivity index (χ4n) is 3.90. The minimum absolute atomic E-state index is 0. The molecule has 27 heavy (non-hydrogen) atoms. The number of benzene rings is 1. The van der Waals surface area contributed by atoms with Gasteiger partial charge in [0.15, 0.2) is 0 Å². The maximum absolute atomic E-state index is 12.7. The number of fused-ring (bicyclic) bond motifs is 1. The summed E-state index contributed by atoms with van der Waals surface area (Å²) in [5, 5.41) is 0.741. The molecular weight excluding hydrogens is 409 g/mol. The first kappa shape index (κ1) is 20.2. The van der Waals surface area contributed by atoms with Crippen LogP contribution in [-0.4, -0.2) is 34.9 Å². The summed E-state index contributed by atoms with van der Waals surface area (Å²) in [6.45, 7) is 1.52. The number of likely N-dealkylation sites (tertiary alicyclic amines) is 1. The number of nitrogens with zero attached hydrogens (tertiary/aromatic N) is 2. The average Bonchev–Trinajstić information content (AvgIpc) is 3.21. The van der Waals surface area contributed by atoms with Crippen LogP contribution in [0.5, 0.6) is 11.6 Å². The third kappa shape index (κ3) is 4.02. The molecule has 3 atom stereocenters. The normalized spacial score (nSPS) is 23.7. The largest absolute Gasteiger partial charge is 0.437 e. The number of hydrogen-bond donors (Lipinski definition) is 1. The Kier molecular flexibility index (Phi) is 6.16. The Labute approximate surface area is 174 Å². The third-order valence-electron chi connectivity index (χ3n) is 5.31. The zero-order chi connectivity index (χ0) is 18.3. The van der Waals surface area contributed by atoms with Crippen LogP contribution in [0.1, 0.15) is 23.2 Å². The van der Waals surface area contributed by atoms with Gasteiger partial charge in [0.25, 0.3) is 5.91 Å². The van der Waals surface area contributed by atoms with Crippen molar-refractivity contribution >= 4 is 41.5 Å². The number of rotatable bonds is 3. The van der Waals surface area contributed by atoms with Crippen LogP contribution in [-0.2, 0) is 0 Å². The van der Waals surface area contributed by atoms with Gasteiger partial charge in [0, 0.05) is 31.4 Å². The standard InChI is InChI=1S/C19H19Cl2N3O2.ClH/c20-14-2-1-3-16(18(14)21)26-17-7-5-11(8-23-17)19(25)24-9-12-4-6-15(22)13(12)10-24;/h1-3,5,7-8,12-13,15H,4,6,9-10,22H2;1H. The van der Waals surface area contributed by atoms with Gasteiger partial charge in [0.1, 0.15) is 10.8 Å². The molecule has 144 valence electrons. The molecule has 1 aliphatic heterocycles. The molecule has 2 fully saturated rings. The van der Waals surface area contributed by atoms with Crippen LogP contribution in [0.25, 0.3) is 0 Å². The zero-order valence-corrected chi connectivity index (χ0v) is 16.8. The van der Waals surface area contributed by atoms with Crippen LogP contribution in [0.2, 0.25) is 10.0 Å². The predicted molar refractivity (Wildman–Crippen MR) is 108 cm³/mol. The molecule has 1 saturated carbocycles. The number of aromatic nitrogens is 1. The Bertz CT molecular complexity index is 831. The van der Waals surface area contributed by atoms with Crippen molar-refractivity contribution in [3.63, 3.8) is 0 Å². The monoisotopic (exact) mass is 427 g/mol. The van der Waals surface area contributed by atoms with Crippen molar-refractivity contribution in [2.45, 2.75) is 18.9 Å². The number of halogens is 3. The van der Waals surface area contributed by atoms with E-state index in [4.69, 9.17) is 33.7 Å². The molecule has 2 aromatic rings. The number of carbonyl (C=O) groups excluding carboxylic acids is 1. The average molecular weight is 429 g/mol. The topological polar surface area (TPSA) is 68.5 Å². The molecule has 1 aromatic carbocycles. The van der Waals surface area contributed by atoms with Crippen molar-refractivity contribution < 1.29 is 9.53 Å². The summed E-state index contributed by atoms with van der Waals surface area (Å²) in [5.41, 5.74) is 6.69. The van der Waals surface area contributed by atoms with Gasteiger partial charge >= 0.3 is 0 Å². The number of carbonyl (C=O) groups is 1. The van der Waals surface area contributed by atoms with Gasteiger partial charge in [-0.05, 0) is 42.9 Å². The lowest BCUT2D eigenvalue weighted by Gasteiger charge is -2.18. The minimum Gasteiger partial charge on any atom is -0.437 e. The van der Waals surface area contributed by atoms with Gasteiger partial charge in [-0.2, -0.15) is 0 Å². The molecule has 2 aliphatic rings. The van der Waals surface area contributed by atoms with Gasteiger partial charge in [-0.25, -0.2) is 4.98 Å². The van der Waals surface area contributed by atoms with Crippen molar-refractivity contribution in [2.24, 2.45) is 17.6 Å². The molecule has 0 spiro atoms. The zero-order valence-electron chi connectivity index (χ0n) is 14.5. The highest BCUT2D eigenvalue weighted by Crippen LogP contribution is 2.38. The van der Waals surface area contributed by atoms with Gasteiger partial charge in [0.2, 0.25) is 5.88 Å². The summed E-state index contributed by atoms with van der Waals surface area (Å²) < 4.78 is 5.66. The first-order valence-corrected chi connectivity index (χ1v) is 9.41. The highest BCUT2D eigenvalue weighted by atomic mass is 35.5. The van der Waals surface area contributed by atoms with Crippen LogP contribution in [0.4, 0.5) is 0 Å². The number of nitrogens with two attached hydrogens (primary N) is 1. The molecule has 2 heterocycles. The summed E-state index contributed by atoms with van der Waals surface area (Å²) >= 11 is 12.1. The van der Waals surface area contributed by atoms with E-state index in [9.17, 15) is 4.79 Å². The quantitative estimate of drug-likeness (QED) is 0.786. The fourth-order valence-corrected chi connectivity index (χ4v) is 4.23. The molecule has 1 amide bonds. The molecule has 0 bridgehead atoms. The van der Waals surface area contributed by atoms with Gasteiger partial charge in [-0.15, -0.1) is 12.4 Å². The lowest BCUT2D eigenvalue weighted by Crippen LogP contribution is -2.33. The third-order valence-corrected chi connectivity index (χ3v) is 6.12. The fraction of sp³-hybridized carbons (Fsp3) is 0.368. The van der Waals surface area contributed by atoms with E-state index >= 15 is 0 Å². The molecule has 2 N–H and O–H groups in total. The Morgan fingerprint density at radius 1 is 1.19 bits per heavy atom. The second-order valence-corrected chi connectivity index (χ2v) is 7.70. The highest BCUT2D eigenvalue weighted by Gasteiger charge is 2.42.